The fraction of sp³-hybridized carbons (Fsp3) is 0.280. The minimum Gasteiger partial charge on any atom is -0.381 e. The number of ether oxygens (including phenoxy) is 1. The number of hydrogen-bond acceptors (Lipinski definition) is 6. The Morgan fingerprint density at radius 2 is 1.91 bits per heavy atom. The lowest BCUT2D eigenvalue weighted by molar-refractivity contribution is -0.0333. The highest BCUT2D eigenvalue weighted by Gasteiger charge is 2.34. The van der Waals surface area contributed by atoms with Crippen molar-refractivity contribution in [1.82, 2.24) is 15.3 Å². The van der Waals surface area contributed by atoms with Crippen LogP contribution >= 0.6 is 0 Å². The van der Waals surface area contributed by atoms with Crippen molar-refractivity contribution in [2.45, 2.75) is 31.9 Å². The number of hydrogen-bond donors (Lipinski definition) is 2. The summed E-state index contributed by atoms with van der Waals surface area (Å²) in [4.78, 5) is 20.4. The zero-order valence-electron chi connectivity index (χ0n) is 18.5. The maximum Gasteiger partial charge on any atom is 0.352 e. The highest BCUT2D eigenvalue weighted by atomic mass is 19.3. The van der Waals surface area contributed by atoms with Crippen LogP contribution in [0.4, 0.5) is 14.6 Å². The molecule has 34 heavy (non-hydrogen) atoms. The Kier molecular flexibility index (Phi) is 6.80. The van der Waals surface area contributed by atoms with E-state index in [1.807, 2.05) is 0 Å². The second-order valence-electron chi connectivity index (χ2n) is 8.06. The van der Waals surface area contributed by atoms with Gasteiger partial charge in [-0.1, -0.05) is 12.1 Å². The predicted octanol–water partition coefficient (Wildman–Crippen LogP) is 4.39. The van der Waals surface area contributed by atoms with Gasteiger partial charge in [-0.05, 0) is 55.2 Å². The number of alkyl halides is 2. The third kappa shape index (κ3) is 5.18. The monoisotopic (exact) mass is 463 g/mol. The Bertz CT molecular complexity index is 1220. The number of anilines is 1. The van der Waals surface area contributed by atoms with Gasteiger partial charge in [0.2, 0.25) is 0 Å². The minimum atomic E-state index is -3.61. The third-order valence-corrected chi connectivity index (χ3v) is 5.69. The molecule has 1 aliphatic heterocycles. The van der Waals surface area contributed by atoms with Crippen LogP contribution in [0.3, 0.4) is 0 Å². The summed E-state index contributed by atoms with van der Waals surface area (Å²) in [7, 11) is 0. The molecule has 3 heterocycles. The number of nitrogens with one attached hydrogen (secondary N) is 2. The molecule has 0 unspecified atom stereocenters. The van der Waals surface area contributed by atoms with E-state index in [2.05, 4.69) is 21.4 Å². The Morgan fingerprint density at radius 3 is 2.62 bits per heavy atom. The van der Waals surface area contributed by atoms with Gasteiger partial charge in [-0.15, -0.1) is 0 Å². The third-order valence-electron chi connectivity index (χ3n) is 5.69. The van der Waals surface area contributed by atoms with Gasteiger partial charge in [0.05, 0.1) is 5.56 Å². The number of benzene rings is 1. The number of aryl methyl sites for hydroxylation is 1. The van der Waals surface area contributed by atoms with Crippen molar-refractivity contribution in [2.24, 2.45) is 0 Å². The molecule has 1 aromatic carbocycles. The molecule has 4 rings (SSSR count). The molecule has 0 bridgehead atoms. The van der Waals surface area contributed by atoms with Crippen molar-refractivity contribution < 1.29 is 18.3 Å². The Hall–Kier alpha value is -3.90. The Morgan fingerprint density at radius 1 is 1.18 bits per heavy atom. The molecule has 0 atom stereocenters. The predicted molar refractivity (Wildman–Crippen MR) is 122 cm³/mol. The molecule has 9 heteroatoms. The first-order chi connectivity index (χ1) is 16.4. The van der Waals surface area contributed by atoms with Gasteiger partial charge in [0, 0.05) is 54.5 Å². The van der Waals surface area contributed by atoms with Crippen LogP contribution in [0.5, 0.6) is 0 Å². The van der Waals surface area contributed by atoms with E-state index in [0.717, 1.165) is 18.4 Å². The first-order valence-corrected chi connectivity index (χ1v) is 10.8. The summed E-state index contributed by atoms with van der Waals surface area (Å²) < 4.78 is 35.3. The van der Waals surface area contributed by atoms with Crippen molar-refractivity contribution in [1.29, 1.82) is 5.26 Å². The van der Waals surface area contributed by atoms with Gasteiger partial charge in [-0.2, -0.15) is 14.0 Å². The zero-order chi connectivity index (χ0) is 24.1. The number of nitrogens with zero attached hydrogens (tertiary/aromatic N) is 3. The molecule has 0 saturated carbocycles. The Labute approximate surface area is 195 Å². The summed E-state index contributed by atoms with van der Waals surface area (Å²) in [6.07, 6.45) is 5.91. The van der Waals surface area contributed by atoms with Crippen LogP contribution in [-0.4, -0.2) is 35.1 Å². The molecular weight excluding hydrogens is 440 g/mol. The van der Waals surface area contributed by atoms with E-state index in [9.17, 15) is 18.8 Å². The minimum absolute atomic E-state index is 0.0810. The van der Waals surface area contributed by atoms with Crippen molar-refractivity contribution in [3.8, 4) is 17.2 Å². The second-order valence-corrected chi connectivity index (χ2v) is 8.06. The second kappa shape index (κ2) is 9.93. The number of nitriles is 1. The van der Waals surface area contributed by atoms with Crippen molar-refractivity contribution in [3.05, 3.63) is 77.2 Å². The van der Waals surface area contributed by atoms with Crippen LogP contribution in [-0.2, 0) is 10.8 Å². The number of carbonyl (C=O) groups excluding carboxylic acids is 1. The summed E-state index contributed by atoms with van der Waals surface area (Å²) >= 11 is 0. The summed E-state index contributed by atoms with van der Waals surface area (Å²) in [5.74, 6) is -0.451. The van der Waals surface area contributed by atoms with Crippen LogP contribution in [0.2, 0.25) is 0 Å². The SMILES string of the molecule is Cc1ccc(C(F)(F)NC(=O)c2ccncc2)cc1-c1cnc(NC2CCOCC2)c(C#N)c1. The number of amides is 1. The van der Waals surface area contributed by atoms with Crippen molar-refractivity contribution >= 4 is 11.7 Å². The van der Waals surface area contributed by atoms with Gasteiger partial charge >= 0.3 is 6.05 Å². The molecule has 1 aliphatic rings. The van der Waals surface area contributed by atoms with Gasteiger partial charge in [-0.25, -0.2) is 4.98 Å². The van der Waals surface area contributed by atoms with Crippen LogP contribution in [0.15, 0.2) is 55.0 Å². The van der Waals surface area contributed by atoms with Crippen LogP contribution in [0, 0.1) is 18.3 Å². The fourth-order valence-corrected chi connectivity index (χ4v) is 3.77. The number of carbonyl (C=O) groups is 1. The number of pyridine rings is 2. The first kappa shape index (κ1) is 23.3. The molecule has 2 N–H and O–H groups in total. The topological polar surface area (TPSA) is 99.9 Å². The van der Waals surface area contributed by atoms with E-state index in [-0.39, 0.29) is 17.2 Å². The number of rotatable bonds is 6. The maximum absolute atomic E-state index is 15.0. The van der Waals surface area contributed by atoms with Gasteiger partial charge < -0.3 is 10.1 Å². The van der Waals surface area contributed by atoms with Gasteiger partial charge in [0.25, 0.3) is 5.91 Å². The fourth-order valence-electron chi connectivity index (χ4n) is 3.77. The zero-order valence-corrected chi connectivity index (χ0v) is 18.5. The van der Waals surface area contributed by atoms with Crippen LogP contribution in [0.1, 0.15) is 39.9 Å². The van der Waals surface area contributed by atoms with Gasteiger partial charge in [0.1, 0.15) is 11.9 Å². The molecule has 1 fully saturated rings. The van der Waals surface area contributed by atoms with Crippen molar-refractivity contribution in [3.63, 3.8) is 0 Å². The van der Waals surface area contributed by atoms with Crippen molar-refractivity contribution in [2.75, 3.05) is 18.5 Å². The summed E-state index contributed by atoms with van der Waals surface area (Å²) in [6.45, 7) is 3.08. The average Bonchev–Trinajstić information content (AvgIpc) is 2.85. The molecule has 3 aromatic rings. The highest BCUT2D eigenvalue weighted by Crippen LogP contribution is 2.33. The largest absolute Gasteiger partial charge is 0.381 e. The standard InChI is InChI=1S/C25H23F2N5O2/c1-16-2-3-20(25(26,27)32-24(33)17-4-8-29-9-5-17)13-22(16)19-12-18(14-28)23(30-15-19)31-21-6-10-34-11-7-21/h2-5,8-9,12-13,15,21H,6-7,10-11H2,1H3,(H,30,31)(H,32,33). The van der Waals surface area contributed by atoms with E-state index >= 15 is 0 Å². The summed E-state index contributed by atoms with van der Waals surface area (Å²) in [5.41, 5.74) is 1.79. The van der Waals surface area contributed by atoms with Crippen LogP contribution in [0.25, 0.3) is 11.1 Å². The summed E-state index contributed by atoms with van der Waals surface area (Å²) in [5, 5.41) is 14.7. The maximum atomic E-state index is 15.0. The Balaban J connectivity index is 1.60. The lowest BCUT2D eigenvalue weighted by Crippen LogP contribution is -2.38. The molecule has 0 radical (unpaired) electrons. The van der Waals surface area contributed by atoms with E-state index in [4.69, 9.17) is 4.74 Å². The summed E-state index contributed by atoms with van der Waals surface area (Å²) in [6, 6.07) is 7.17. The van der Waals surface area contributed by atoms with Gasteiger partial charge in [-0.3, -0.25) is 15.1 Å². The lowest BCUT2D eigenvalue weighted by Gasteiger charge is -2.24. The first-order valence-electron chi connectivity index (χ1n) is 10.8. The molecule has 1 saturated heterocycles. The van der Waals surface area contributed by atoms with E-state index < -0.39 is 12.0 Å². The molecular formula is C25H23F2N5O2. The number of aromatic nitrogens is 2. The quantitative estimate of drug-likeness (QED) is 0.526. The van der Waals surface area contributed by atoms with E-state index in [0.29, 0.717) is 35.7 Å². The van der Waals surface area contributed by atoms with Gasteiger partial charge in [0.15, 0.2) is 0 Å². The smallest absolute Gasteiger partial charge is 0.352 e. The van der Waals surface area contributed by atoms with E-state index in [1.54, 1.807) is 30.6 Å². The molecule has 0 aliphatic carbocycles. The van der Waals surface area contributed by atoms with E-state index in [1.165, 1.54) is 36.7 Å². The molecule has 0 spiro atoms. The van der Waals surface area contributed by atoms with Crippen LogP contribution < -0.4 is 10.6 Å². The normalized spacial score (nSPS) is 14.3. The average molecular weight is 463 g/mol. The lowest BCUT2D eigenvalue weighted by atomic mass is 9.97. The molecule has 1 amide bonds. The highest BCUT2D eigenvalue weighted by molar-refractivity contribution is 5.94. The molecule has 7 nitrogen and oxygen atoms in total. The molecule has 2 aromatic heterocycles. The molecule has 174 valence electrons. The number of halogens is 2.